The molecule has 2 saturated heterocycles. The molecule has 6 rings (SSSR count). The van der Waals surface area contributed by atoms with Crippen molar-refractivity contribution in [3.63, 3.8) is 0 Å². The molecule has 38 heavy (non-hydrogen) atoms. The van der Waals surface area contributed by atoms with Crippen LogP contribution in [0.5, 0.6) is 0 Å². The van der Waals surface area contributed by atoms with E-state index in [2.05, 4.69) is 46.2 Å². The van der Waals surface area contributed by atoms with Crippen LogP contribution in [0.25, 0.3) is 0 Å². The SMILES string of the molecule is O=C(c1ccc(CN2CCOCC2)cc1C1CCCC1)c1ccc(CN2CCOCC2)cc1C1CCCC1. The van der Waals surface area contributed by atoms with E-state index in [0.29, 0.717) is 11.8 Å². The van der Waals surface area contributed by atoms with E-state index in [1.807, 2.05) is 0 Å². The van der Waals surface area contributed by atoms with Crippen LogP contribution >= 0.6 is 0 Å². The molecule has 2 aromatic rings. The molecule has 0 radical (unpaired) electrons. The van der Waals surface area contributed by atoms with Crippen LogP contribution in [0.15, 0.2) is 36.4 Å². The van der Waals surface area contributed by atoms with Gasteiger partial charge in [-0.1, -0.05) is 62.1 Å². The third-order valence-corrected chi connectivity index (χ3v) is 9.33. The van der Waals surface area contributed by atoms with E-state index in [1.165, 1.54) is 73.6 Å². The van der Waals surface area contributed by atoms with Crippen LogP contribution in [0, 0.1) is 0 Å². The zero-order valence-corrected chi connectivity index (χ0v) is 23.0. The molecule has 0 unspecified atom stereocenters. The Balaban J connectivity index is 1.30. The van der Waals surface area contributed by atoms with E-state index in [1.54, 1.807) is 0 Å². The summed E-state index contributed by atoms with van der Waals surface area (Å²) in [4.78, 5) is 19.3. The van der Waals surface area contributed by atoms with Gasteiger partial charge in [-0.3, -0.25) is 14.6 Å². The highest BCUT2D eigenvalue weighted by molar-refractivity contribution is 6.11. The molecule has 2 aromatic carbocycles. The van der Waals surface area contributed by atoms with Gasteiger partial charge in [0, 0.05) is 50.4 Å². The number of ketones is 1. The molecule has 0 atom stereocenters. The maximum atomic E-state index is 14.4. The highest BCUT2D eigenvalue weighted by Crippen LogP contribution is 2.40. The molecule has 0 amide bonds. The average Bonchev–Trinajstić information content (AvgIpc) is 3.69. The second-order valence-electron chi connectivity index (χ2n) is 11.9. The van der Waals surface area contributed by atoms with E-state index in [0.717, 1.165) is 76.8 Å². The van der Waals surface area contributed by atoms with Gasteiger partial charge in [0.05, 0.1) is 26.4 Å². The lowest BCUT2D eigenvalue weighted by Crippen LogP contribution is -2.35. The molecule has 2 aliphatic carbocycles. The van der Waals surface area contributed by atoms with Gasteiger partial charge in [0.1, 0.15) is 0 Å². The Hall–Kier alpha value is -2.05. The van der Waals surface area contributed by atoms with Crippen molar-refractivity contribution in [3.8, 4) is 0 Å². The predicted octanol–water partition coefficient (Wildman–Crippen LogP) is 5.90. The van der Waals surface area contributed by atoms with Crippen LogP contribution < -0.4 is 0 Å². The Labute approximate surface area is 228 Å². The van der Waals surface area contributed by atoms with E-state index in [4.69, 9.17) is 9.47 Å². The van der Waals surface area contributed by atoms with Crippen LogP contribution in [0.4, 0.5) is 0 Å². The Morgan fingerprint density at radius 1 is 0.632 bits per heavy atom. The lowest BCUT2D eigenvalue weighted by Gasteiger charge is -2.28. The summed E-state index contributed by atoms with van der Waals surface area (Å²) in [7, 11) is 0. The van der Waals surface area contributed by atoms with Crippen molar-refractivity contribution in [2.45, 2.75) is 76.3 Å². The van der Waals surface area contributed by atoms with Gasteiger partial charge < -0.3 is 9.47 Å². The molecule has 204 valence electrons. The fraction of sp³-hybridized carbons (Fsp3) is 0.606. The zero-order valence-electron chi connectivity index (χ0n) is 23.0. The van der Waals surface area contributed by atoms with Crippen molar-refractivity contribution in [1.29, 1.82) is 0 Å². The van der Waals surface area contributed by atoms with Gasteiger partial charge >= 0.3 is 0 Å². The number of ether oxygens (including phenoxy) is 2. The van der Waals surface area contributed by atoms with E-state index in [9.17, 15) is 4.79 Å². The Bertz CT molecular complexity index is 1010. The molecule has 4 aliphatic rings. The summed E-state index contributed by atoms with van der Waals surface area (Å²) in [6.45, 7) is 9.11. The van der Waals surface area contributed by atoms with E-state index < -0.39 is 0 Å². The Morgan fingerprint density at radius 2 is 1.03 bits per heavy atom. The standard InChI is InChI=1S/C33H44N2O3/c36-33(29-11-9-25(23-34-13-17-37-18-14-34)21-31(29)27-5-1-2-6-27)30-12-10-26(24-35-15-19-38-20-16-35)22-32(30)28-7-3-4-8-28/h9-12,21-22,27-28H,1-8,13-20,23-24H2. The smallest absolute Gasteiger partial charge is 0.193 e. The van der Waals surface area contributed by atoms with Crippen LogP contribution in [0.3, 0.4) is 0 Å². The molecule has 0 N–H and O–H groups in total. The molecule has 0 spiro atoms. The summed E-state index contributed by atoms with van der Waals surface area (Å²) in [6, 6.07) is 13.5. The molecule has 2 heterocycles. The summed E-state index contributed by atoms with van der Waals surface area (Å²) >= 11 is 0. The molecule has 5 nitrogen and oxygen atoms in total. The predicted molar refractivity (Wildman–Crippen MR) is 151 cm³/mol. The summed E-state index contributed by atoms with van der Waals surface area (Å²) in [5.74, 6) is 1.26. The van der Waals surface area contributed by atoms with E-state index >= 15 is 0 Å². The highest BCUT2D eigenvalue weighted by Gasteiger charge is 2.28. The number of rotatable bonds is 8. The van der Waals surface area contributed by atoms with Crippen molar-refractivity contribution in [2.75, 3.05) is 52.6 Å². The molecule has 4 fully saturated rings. The van der Waals surface area contributed by atoms with Gasteiger partial charge in [-0.25, -0.2) is 0 Å². The molecule has 2 aliphatic heterocycles. The lowest BCUT2D eigenvalue weighted by molar-refractivity contribution is 0.0341. The van der Waals surface area contributed by atoms with Gasteiger partial charge in [-0.05, 0) is 59.8 Å². The average molecular weight is 517 g/mol. The summed E-state index contributed by atoms with van der Waals surface area (Å²) < 4.78 is 11.1. The first-order chi connectivity index (χ1) is 18.7. The van der Waals surface area contributed by atoms with Crippen LogP contribution in [-0.2, 0) is 22.6 Å². The first-order valence-corrected chi connectivity index (χ1v) is 15.1. The number of carbonyl (C=O) groups is 1. The van der Waals surface area contributed by atoms with Gasteiger partial charge in [-0.2, -0.15) is 0 Å². The van der Waals surface area contributed by atoms with Crippen LogP contribution in [0.2, 0.25) is 0 Å². The Morgan fingerprint density at radius 3 is 1.42 bits per heavy atom. The number of hydrogen-bond donors (Lipinski definition) is 0. The van der Waals surface area contributed by atoms with Crippen LogP contribution in [0.1, 0.15) is 101 Å². The minimum absolute atomic E-state index is 0.240. The molecule has 0 aromatic heterocycles. The summed E-state index contributed by atoms with van der Waals surface area (Å²) in [5, 5.41) is 0. The highest BCUT2D eigenvalue weighted by atomic mass is 16.5. The molecule has 0 bridgehead atoms. The first-order valence-electron chi connectivity index (χ1n) is 15.1. The second-order valence-corrected chi connectivity index (χ2v) is 11.9. The van der Waals surface area contributed by atoms with Gasteiger partial charge in [0.2, 0.25) is 0 Å². The number of hydrogen-bond acceptors (Lipinski definition) is 5. The molecular weight excluding hydrogens is 472 g/mol. The molecule has 2 saturated carbocycles. The van der Waals surface area contributed by atoms with Gasteiger partial charge in [0.15, 0.2) is 5.78 Å². The fourth-order valence-corrected chi connectivity index (χ4v) is 7.16. The number of benzene rings is 2. The summed E-state index contributed by atoms with van der Waals surface area (Å²) in [6.07, 6.45) is 9.91. The topological polar surface area (TPSA) is 42.0 Å². The maximum Gasteiger partial charge on any atom is 0.193 e. The zero-order chi connectivity index (χ0) is 25.7. The van der Waals surface area contributed by atoms with Crippen molar-refractivity contribution < 1.29 is 14.3 Å². The lowest BCUT2D eigenvalue weighted by atomic mass is 9.83. The third-order valence-electron chi connectivity index (χ3n) is 9.33. The fourth-order valence-electron chi connectivity index (χ4n) is 7.16. The molecular formula is C33H44N2O3. The summed E-state index contributed by atoms with van der Waals surface area (Å²) in [5.41, 5.74) is 7.16. The second kappa shape index (κ2) is 12.4. The first kappa shape index (κ1) is 26.2. The molecule has 5 heteroatoms. The third kappa shape index (κ3) is 6.07. The van der Waals surface area contributed by atoms with Crippen molar-refractivity contribution in [1.82, 2.24) is 9.80 Å². The number of morpholine rings is 2. The Kier molecular flexibility index (Phi) is 8.56. The van der Waals surface area contributed by atoms with Crippen LogP contribution in [-0.4, -0.2) is 68.2 Å². The minimum atomic E-state index is 0.240. The van der Waals surface area contributed by atoms with Gasteiger partial charge in [0.25, 0.3) is 0 Å². The van der Waals surface area contributed by atoms with Gasteiger partial charge in [-0.15, -0.1) is 0 Å². The van der Waals surface area contributed by atoms with E-state index in [-0.39, 0.29) is 5.78 Å². The monoisotopic (exact) mass is 516 g/mol. The number of carbonyl (C=O) groups excluding carboxylic acids is 1. The number of nitrogens with zero attached hydrogens (tertiary/aromatic N) is 2. The largest absolute Gasteiger partial charge is 0.379 e. The maximum absolute atomic E-state index is 14.4. The minimum Gasteiger partial charge on any atom is -0.379 e. The normalized spacial score (nSPS) is 22.3. The van der Waals surface area contributed by atoms with Crippen molar-refractivity contribution in [2.24, 2.45) is 0 Å². The van der Waals surface area contributed by atoms with Crippen molar-refractivity contribution >= 4 is 5.78 Å². The quantitative estimate of drug-likeness (QED) is 0.409. The van der Waals surface area contributed by atoms with Crippen molar-refractivity contribution in [3.05, 3.63) is 69.8 Å².